The molecule has 0 spiro atoms. The smallest absolute Gasteiger partial charge is 0.152 e. The summed E-state index contributed by atoms with van der Waals surface area (Å²) in [5.74, 6) is 0.0364. The van der Waals surface area contributed by atoms with Crippen molar-refractivity contribution in [3.05, 3.63) is 47.5 Å². The first-order chi connectivity index (χ1) is 8.58. The Labute approximate surface area is 109 Å². The van der Waals surface area contributed by atoms with E-state index in [9.17, 15) is 9.59 Å². The number of benzene rings is 1. The zero-order chi connectivity index (χ0) is 14.0. The van der Waals surface area contributed by atoms with Gasteiger partial charge in [-0.1, -0.05) is 44.2 Å². The lowest BCUT2D eigenvalue weighted by atomic mass is 10.1. The van der Waals surface area contributed by atoms with Gasteiger partial charge >= 0.3 is 0 Å². The molecule has 0 radical (unpaired) electrons. The third-order valence-electron chi connectivity index (χ3n) is 1.93. The molecule has 1 aromatic rings. The SMILES string of the molecule is CC.CC(=O)C=Cc1cccc(C=CC(C)=O)c1. The highest BCUT2D eigenvalue weighted by Crippen LogP contribution is 2.08. The van der Waals surface area contributed by atoms with Gasteiger partial charge in [0.15, 0.2) is 11.6 Å². The molecule has 0 aliphatic rings. The fourth-order valence-electron chi connectivity index (χ4n) is 1.19. The van der Waals surface area contributed by atoms with Crippen molar-refractivity contribution >= 4 is 23.7 Å². The minimum atomic E-state index is 0.0182. The van der Waals surface area contributed by atoms with Crippen LogP contribution in [0.1, 0.15) is 38.8 Å². The van der Waals surface area contributed by atoms with Crippen molar-refractivity contribution in [1.82, 2.24) is 0 Å². The molecule has 0 N–H and O–H groups in total. The second-order valence-corrected chi connectivity index (χ2v) is 3.56. The lowest BCUT2D eigenvalue weighted by molar-refractivity contribution is -0.113. The predicted octanol–water partition coefficient (Wildman–Crippen LogP) is 3.92. The Morgan fingerprint density at radius 3 is 1.61 bits per heavy atom. The molecule has 1 aromatic carbocycles. The molecular weight excluding hydrogens is 224 g/mol. The molecule has 0 aliphatic heterocycles. The molecule has 0 fully saturated rings. The van der Waals surface area contributed by atoms with Crippen molar-refractivity contribution in [3.63, 3.8) is 0 Å². The lowest BCUT2D eigenvalue weighted by Gasteiger charge is -1.96. The number of hydrogen-bond donors (Lipinski definition) is 0. The molecule has 0 saturated heterocycles. The van der Waals surface area contributed by atoms with Crippen molar-refractivity contribution in [2.24, 2.45) is 0 Å². The van der Waals surface area contributed by atoms with Crippen molar-refractivity contribution < 1.29 is 9.59 Å². The average Bonchev–Trinajstić information content (AvgIpc) is 2.37. The molecule has 0 atom stereocenters. The van der Waals surface area contributed by atoms with E-state index in [1.54, 1.807) is 12.2 Å². The summed E-state index contributed by atoms with van der Waals surface area (Å²) in [4.78, 5) is 21.5. The van der Waals surface area contributed by atoms with E-state index in [4.69, 9.17) is 0 Å². The predicted molar refractivity (Wildman–Crippen MR) is 77.2 cm³/mol. The summed E-state index contributed by atoms with van der Waals surface area (Å²) in [5, 5.41) is 0. The molecule has 0 aliphatic carbocycles. The first-order valence-electron chi connectivity index (χ1n) is 6.05. The minimum absolute atomic E-state index is 0.0182. The second kappa shape index (κ2) is 9.11. The highest BCUT2D eigenvalue weighted by Gasteiger charge is 1.91. The monoisotopic (exact) mass is 244 g/mol. The Morgan fingerprint density at radius 2 is 1.28 bits per heavy atom. The van der Waals surface area contributed by atoms with Gasteiger partial charge in [0.1, 0.15) is 0 Å². The van der Waals surface area contributed by atoms with E-state index in [-0.39, 0.29) is 11.6 Å². The summed E-state index contributed by atoms with van der Waals surface area (Å²) < 4.78 is 0. The van der Waals surface area contributed by atoms with Gasteiger partial charge < -0.3 is 0 Å². The lowest BCUT2D eigenvalue weighted by Crippen LogP contribution is -1.82. The normalized spacial score (nSPS) is 10.2. The number of allylic oxidation sites excluding steroid dienone is 2. The van der Waals surface area contributed by atoms with Crippen LogP contribution in [-0.2, 0) is 9.59 Å². The van der Waals surface area contributed by atoms with Crippen LogP contribution in [0.2, 0.25) is 0 Å². The van der Waals surface area contributed by atoms with Crippen molar-refractivity contribution in [1.29, 1.82) is 0 Å². The van der Waals surface area contributed by atoms with Crippen LogP contribution in [0, 0.1) is 0 Å². The maximum Gasteiger partial charge on any atom is 0.152 e. The summed E-state index contributed by atoms with van der Waals surface area (Å²) in [7, 11) is 0. The van der Waals surface area contributed by atoms with Gasteiger partial charge in [-0.15, -0.1) is 0 Å². The van der Waals surface area contributed by atoms with Gasteiger partial charge in [-0.25, -0.2) is 0 Å². The van der Waals surface area contributed by atoms with Gasteiger partial charge in [0.05, 0.1) is 0 Å². The molecule has 0 unspecified atom stereocenters. The molecule has 0 amide bonds. The van der Waals surface area contributed by atoms with Crippen LogP contribution in [0.4, 0.5) is 0 Å². The summed E-state index contributed by atoms with van der Waals surface area (Å²) in [6.45, 7) is 7.02. The Kier molecular flexibility index (Phi) is 8.12. The van der Waals surface area contributed by atoms with E-state index in [0.717, 1.165) is 11.1 Å². The Balaban J connectivity index is 0.00000137. The number of rotatable bonds is 4. The molecule has 96 valence electrons. The molecule has 18 heavy (non-hydrogen) atoms. The van der Waals surface area contributed by atoms with Crippen molar-refractivity contribution in [2.45, 2.75) is 27.7 Å². The molecule has 0 heterocycles. The van der Waals surface area contributed by atoms with Crippen LogP contribution in [0.15, 0.2) is 36.4 Å². The maximum atomic E-state index is 10.8. The standard InChI is InChI=1S/C14H14O2.C2H6/c1-11(15)6-8-13-4-3-5-14(10-13)9-7-12(2)16;1-2/h3-10H,1-2H3;1-2H3. The van der Waals surface area contributed by atoms with E-state index in [1.807, 2.05) is 38.1 Å². The number of hydrogen-bond acceptors (Lipinski definition) is 2. The molecule has 1 rings (SSSR count). The third kappa shape index (κ3) is 7.34. The van der Waals surface area contributed by atoms with Crippen LogP contribution in [0.3, 0.4) is 0 Å². The average molecular weight is 244 g/mol. The first kappa shape index (κ1) is 16.0. The first-order valence-corrected chi connectivity index (χ1v) is 6.05. The van der Waals surface area contributed by atoms with Crippen LogP contribution in [-0.4, -0.2) is 11.6 Å². The largest absolute Gasteiger partial charge is 0.295 e. The van der Waals surface area contributed by atoms with Crippen LogP contribution in [0.25, 0.3) is 12.2 Å². The van der Waals surface area contributed by atoms with Gasteiger partial charge in [0, 0.05) is 0 Å². The van der Waals surface area contributed by atoms with Gasteiger partial charge in [-0.05, 0) is 43.2 Å². The summed E-state index contributed by atoms with van der Waals surface area (Å²) in [5.41, 5.74) is 1.89. The Bertz CT molecular complexity index is 415. The fraction of sp³-hybridized carbons (Fsp3) is 0.250. The molecule has 2 heteroatoms. The number of ketones is 2. The van der Waals surface area contributed by atoms with Gasteiger partial charge in [0.2, 0.25) is 0 Å². The van der Waals surface area contributed by atoms with Crippen molar-refractivity contribution in [2.75, 3.05) is 0 Å². The van der Waals surface area contributed by atoms with Crippen LogP contribution >= 0.6 is 0 Å². The fourth-order valence-corrected chi connectivity index (χ4v) is 1.19. The minimum Gasteiger partial charge on any atom is -0.295 e. The quantitative estimate of drug-likeness (QED) is 0.752. The second-order valence-electron chi connectivity index (χ2n) is 3.56. The van der Waals surface area contributed by atoms with Crippen LogP contribution < -0.4 is 0 Å². The highest BCUT2D eigenvalue weighted by atomic mass is 16.1. The molecular formula is C16H20O2. The maximum absolute atomic E-state index is 10.8. The van der Waals surface area contributed by atoms with Crippen molar-refractivity contribution in [3.8, 4) is 0 Å². The van der Waals surface area contributed by atoms with E-state index < -0.39 is 0 Å². The van der Waals surface area contributed by atoms with E-state index in [0.29, 0.717) is 0 Å². The van der Waals surface area contributed by atoms with E-state index >= 15 is 0 Å². The Hall–Kier alpha value is -1.96. The van der Waals surface area contributed by atoms with Gasteiger partial charge in [-0.2, -0.15) is 0 Å². The third-order valence-corrected chi connectivity index (χ3v) is 1.93. The summed E-state index contributed by atoms with van der Waals surface area (Å²) in [6, 6.07) is 7.62. The topological polar surface area (TPSA) is 34.1 Å². The molecule has 2 nitrogen and oxygen atoms in total. The highest BCUT2D eigenvalue weighted by molar-refractivity contribution is 5.92. The van der Waals surface area contributed by atoms with Crippen LogP contribution in [0.5, 0.6) is 0 Å². The molecule has 0 aromatic heterocycles. The zero-order valence-electron chi connectivity index (χ0n) is 11.4. The zero-order valence-corrected chi connectivity index (χ0v) is 11.4. The van der Waals surface area contributed by atoms with E-state index in [1.165, 1.54) is 26.0 Å². The molecule has 0 saturated carbocycles. The summed E-state index contributed by atoms with van der Waals surface area (Å²) >= 11 is 0. The number of carbonyl (C=O) groups is 2. The van der Waals surface area contributed by atoms with Gasteiger partial charge in [0.25, 0.3) is 0 Å². The van der Waals surface area contributed by atoms with E-state index in [2.05, 4.69) is 0 Å². The molecule has 0 bridgehead atoms. The Morgan fingerprint density at radius 1 is 0.889 bits per heavy atom. The summed E-state index contributed by atoms with van der Waals surface area (Å²) in [6.07, 6.45) is 6.56. The number of carbonyl (C=O) groups excluding carboxylic acids is 2. The van der Waals surface area contributed by atoms with Gasteiger partial charge in [-0.3, -0.25) is 9.59 Å².